The standard InChI is InChI=1S/C22H28N2O2/c1-17(2)15-23-22(26)18(3)24(16-20-12-8-5-9-13-20)21(25)14-19-10-6-4-7-11-19/h4-13,17-18H,14-16H2,1-3H3,(H,23,26)/t18-/m1/s1. The number of hydrogen-bond donors (Lipinski definition) is 1. The number of carbonyl (C=O) groups excluding carboxylic acids is 2. The molecule has 2 rings (SSSR count). The Balaban J connectivity index is 2.14. The highest BCUT2D eigenvalue weighted by Crippen LogP contribution is 2.12. The smallest absolute Gasteiger partial charge is 0.242 e. The lowest BCUT2D eigenvalue weighted by atomic mass is 10.1. The predicted molar refractivity (Wildman–Crippen MR) is 104 cm³/mol. The molecular weight excluding hydrogens is 324 g/mol. The summed E-state index contributed by atoms with van der Waals surface area (Å²) in [4.78, 5) is 27.1. The molecule has 4 nitrogen and oxygen atoms in total. The molecule has 0 aromatic heterocycles. The quantitative estimate of drug-likeness (QED) is 0.791. The second kappa shape index (κ2) is 9.76. The lowest BCUT2D eigenvalue weighted by Gasteiger charge is -2.29. The first kappa shape index (κ1) is 19.7. The van der Waals surface area contributed by atoms with E-state index in [1.165, 1.54) is 0 Å². The van der Waals surface area contributed by atoms with Crippen molar-refractivity contribution in [1.82, 2.24) is 10.2 Å². The highest BCUT2D eigenvalue weighted by molar-refractivity contribution is 5.88. The monoisotopic (exact) mass is 352 g/mol. The summed E-state index contributed by atoms with van der Waals surface area (Å²) >= 11 is 0. The molecule has 0 aliphatic rings. The molecule has 0 radical (unpaired) electrons. The second-order valence-electron chi connectivity index (χ2n) is 6.98. The van der Waals surface area contributed by atoms with E-state index in [0.29, 0.717) is 19.0 Å². The van der Waals surface area contributed by atoms with Crippen LogP contribution in [0, 0.1) is 5.92 Å². The van der Waals surface area contributed by atoms with Gasteiger partial charge in [-0.25, -0.2) is 0 Å². The van der Waals surface area contributed by atoms with Gasteiger partial charge in [0.25, 0.3) is 0 Å². The van der Waals surface area contributed by atoms with Crippen LogP contribution < -0.4 is 5.32 Å². The zero-order valence-corrected chi connectivity index (χ0v) is 15.8. The molecule has 0 aliphatic carbocycles. The third-order valence-corrected chi connectivity index (χ3v) is 4.25. The van der Waals surface area contributed by atoms with Crippen molar-refractivity contribution >= 4 is 11.8 Å². The first-order valence-corrected chi connectivity index (χ1v) is 9.12. The van der Waals surface area contributed by atoms with Gasteiger partial charge >= 0.3 is 0 Å². The van der Waals surface area contributed by atoms with E-state index in [4.69, 9.17) is 0 Å². The maximum Gasteiger partial charge on any atom is 0.242 e. The van der Waals surface area contributed by atoms with Crippen molar-refractivity contribution in [1.29, 1.82) is 0 Å². The van der Waals surface area contributed by atoms with E-state index in [0.717, 1.165) is 11.1 Å². The van der Waals surface area contributed by atoms with Crippen molar-refractivity contribution in [2.75, 3.05) is 6.54 Å². The average Bonchev–Trinajstić information content (AvgIpc) is 2.65. The van der Waals surface area contributed by atoms with Crippen LogP contribution >= 0.6 is 0 Å². The van der Waals surface area contributed by atoms with Crippen molar-refractivity contribution in [3.05, 3.63) is 71.8 Å². The fourth-order valence-electron chi connectivity index (χ4n) is 2.69. The summed E-state index contributed by atoms with van der Waals surface area (Å²) in [7, 11) is 0. The molecule has 0 aliphatic heterocycles. The van der Waals surface area contributed by atoms with Gasteiger partial charge in [-0.1, -0.05) is 74.5 Å². The third-order valence-electron chi connectivity index (χ3n) is 4.25. The number of nitrogens with one attached hydrogen (secondary N) is 1. The van der Waals surface area contributed by atoms with Crippen molar-refractivity contribution in [3.8, 4) is 0 Å². The average molecular weight is 352 g/mol. The van der Waals surface area contributed by atoms with Gasteiger partial charge in [-0.15, -0.1) is 0 Å². The van der Waals surface area contributed by atoms with Crippen LogP contribution in [0.15, 0.2) is 60.7 Å². The molecule has 0 bridgehead atoms. The number of rotatable bonds is 8. The second-order valence-corrected chi connectivity index (χ2v) is 6.98. The van der Waals surface area contributed by atoms with E-state index >= 15 is 0 Å². The molecule has 1 atom stereocenters. The van der Waals surface area contributed by atoms with Gasteiger partial charge in [0.2, 0.25) is 11.8 Å². The molecule has 1 N–H and O–H groups in total. The van der Waals surface area contributed by atoms with Gasteiger partial charge in [-0.3, -0.25) is 9.59 Å². The van der Waals surface area contributed by atoms with Crippen LogP contribution in [-0.4, -0.2) is 29.3 Å². The van der Waals surface area contributed by atoms with E-state index < -0.39 is 6.04 Å². The molecule has 0 unspecified atom stereocenters. The highest BCUT2D eigenvalue weighted by atomic mass is 16.2. The molecule has 0 heterocycles. The Morgan fingerprint density at radius 2 is 1.42 bits per heavy atom. The Morgan fingerprint density at radius 1 is 0.885 bits per heavy atom. The van der Waals surface area contributed by atoms with Gasteiger partial charge in [0, 0.05) is 13.1 Å². The molecule has 0 saturated heterocycles. The molecule has 26 heavy (non-hydrogen) atoms. The summed E-state index contributed by atoms with van der Waals surface area (Å²) in [6, 6.07) is 18.9. The minimum Gasteiger partial charge on any atom is -0.354 e. The summed E-state index contributed by atoms with van der Waals surface area (Å²) in [6.07, 6.45) is 0.287. The Hall–Kier alpha value is -2.62. The molecule has 0 spiro atoms. The van der Waals surface area contributed by atoms with Crippen molar-refractivity contribution in [2.45, 2.75) is 39.8 Å². The maximum absolute atomic E-state index is 12.9. The molecule has 2 amide bonds. The van der Waals surface area contributed by atoms with Gasteiger partial charge < -0.3 is 10.2 Å². The van der Waals surface area contributed by atoms with E-state index in [9.17, 15) is 9.59 Å². The summed E-state index contributed by atoms with van der Waals surface area (Å²) in [5, 5.41) is 2.93. The Morgan fingerprint density at radius 3 is 1.96 bits per heavy atom. The minimum absolute atomic E-state index is 0.0488. The zero-order valence-electron chi connectivity index (χ0n) is 15.8. The minimum atomic E-state index is -0.523. The topological polar surface area (TPSA) is 49.4 Å². The molecule has 138 valence electrons. The predicted octanol–water partition coefficient (Wildman–Crippen LogP) is 3.42. The van der Waals surface area contributed by atoms with Crippen LogP contribution in [0.2, 0.25) is 0 Å². The largest absolute Gasteiger partial charge is 0.354 e. The molecule has 2 aromatic rings. The molecular formula is C22H28N2O2. The Labute approximate surface area is 156 Å². The first-order chi connectivity index (χ1) is 12.5. The number of amides is 2. The van der Waals surface area contributed by atoms with E-state index in [-0.39, 0.29) is 18.2 Å². The van der Waals surface area contributed by atoms with Crippen molar-refractivity contribution in [3.63, 3.8) is 0 Å². The first-order valence-electron chi connectivity index (χ1n) is 9.12. The Kier molecular flexibility index (Phi) is 7.39. The van der Waals surface area contributed by atoms with Crippen molar-refractivity contribution < 1.29 is 9.59 Å². The molecule has 2 aromatic carbocycles. The van der Waals surface area contributed by atoms with E-state index in [2.05, 4.69) is 5.32 Å². The number of nitrogens with zero attached hydrogens (tertiary/aromatic N) is 1. The zero-order chi connectivity index (χ0) is 18.9. The SMILES string of the molecule is CC(C)CNC(=O)[C@@H](C)N(Cc1ccccc1)C(=O)Cc1ccccc1. The van der Waals surface area contributed by atoms with Crippen LogP contribution in [0.25, 0.3) is 0 Å². The number of hydrogen-bond acceptors (Lipinski definition) is 2. The molecule has 0 fully saturated rings. The molecule has 0 saturated carbocycles. The normalized spacial score (nSPS) is 11.8. The van der Waals surface area contributed by atoms with Gasteiger partial charge in [-0.2, -0.15) is 0 Å². The number of benzene rings is 2. The lowest BCUT2D eigenvalue weighted by molar-refractivity contribution is -0.140. The summed E-state index contributed by atoms with van der Waals surface area (Å²) in [5.41, 5.74) is 1.96. The Bertz CT molecular complexity index is 699. The summed E-state index contributed by atoms with van der Waals surface area (Å²) in [5.74, 6) is 0.206. The van der Waals surface area contributed by atoms with Gasteiger partial charge in [0.15, 0.2) is 0 Å². The van der Waals surface area contributed by atoms with E-state index in [1.807, 2.05) is 74.5 Å². The lowest BCUT2D eigenvalue weighted by Crippen LogP contribution is -2.48. The van der Waals surface area contributed by atoms with Crippen molar-refractivity contribution in [2.24, 2.45) is 5.92 Å². The summed E-state index contributed by atoms with van der Waals surface area (Å²) < 4.78 is 0. The number of carbonyl (C=O) groups is 2. The van der Waals surface area contributed by atoms with Crippen LogP contribution in [0.4, 0.5) is 0 Å². The van der Waals surface area contributed by atoms with Crippen LogP contribution in [0.1, 0.15) is 31.9 Å². The van der Waals surface area contributed by atoms with Crippen LogP contribution in [0.3, 0.4) is 0 Å². The third kappa shape index (κ3) is 6.03. The van der Waals surface area contributed by atoms with Crippen LogP contribution in [-0.2, 0) is 22.6 Å². The van der Waals surface area contributed by atoms with Crippen LogP contribution in [0.5, 0.6) is 0 Å². The van der Waals surface area contributed by atoms with Gasteiger partial charge in [0.05, 0.1) is 6.42 Å². The maximum atomic E-state index is 12.9. The van der Waals surface area contributed by atoms with Gasteiger partial charge in [-0.05, 0) is 24.0 Å². The van der Waals surface area contributed by atoms with E-state index in [1.54, 1.807) is 11.8 Å². The fourth-order valence-corrected chi connectivity index (χ4v) is 2.69. The highest BCUT2D eigenvalue weighted by Gasteiger charge is 2.26. The van der Waals surface area contributed by atoms with Gasteiger partial charge in [0.1, 0.15) is 6.04 Å². The fraction of sp³-hybridized carbons (Fsp3) is 0.364. The summed E-state index contributed by atoms with van der Waals surface area (Å²) in [6.45, 7) is 6.92. The molecule has 4 heteroatoms.